The number of hydrogen-bond donors (Lipinski definition) is 1. The fourth-order valence-corrected chi connectivity index (χ4v) is 1.52. The van der Waals surface area contributed by atoms with Crippen molar-refractivity contribution in [2.75, 3.05) is 5.32 Å². The first-order valence-corrected chi connectivity index (χ1v) is 4.28. The van der Waals surface area contributed by atoms with Gasteiger partial charge >= 0.3 is 0 Å². The van der Waals surface area contributed by atoms with Crippen molar-refractivity contribution in [2.45, 2.75) is 6.42 Å². The lowest BCUT2D eigenvalue weighted by Crippen LogP contribution is -2.03. The van der Waals surface area contributed by atoms with Crippen LogP contribution in [0.5, 0.6) is 0 Å². The normalized spacial score (nSPS) is 12.6. The second kappa shape index (κ2) is 3.52. The number of nitro benzene ring substituents is 1. The van der Waals surface area contributed by atoms with Gasteiger partial charge in [0.1, 0.15) is 5.69 Å². The third-order valence-electron chi connectivity index (χ3n) is 2.17. The molecule has 0 saturated heterocycles. The highest BCUT2D eigenvalue weighted by atomic mass is 16.6. The second-order valence-electron chi connectivity index (χ2n) is 3.17. The molecule has 16 heavy (non-hydrogen) atoms. The largest absolute Gasteiger partial charge is 0.326 e. The van der Waals surface area contributed by atoms with E-state index >= 15 is 0 Å². The highest BCUT2D eigenvalue weighted by molar-refractivity contribution is 6.00. The Kier molecular flexibility index (Phi) is 2.19. The maximum atomic E-state index is 11.1. The van der Waals surface area contributed by atoms with Crippen molar-refractivity contribution in [3.05, 3.63) is 38.3 Å². The van der Waals surface area contributed by atoms with Crippen molar-refractivity contribution in [1.82, 2.24) is 0 Å². The van der Waals surface area contributed by atoms with Crippen molar-refractivity contribution in [3.63, 3.8) is 0 Å². The maximum absolute atomic E-state index is 11.1. The molecule has 0 radical (unpaired) electrons. The van der Waals surface area contributed by atoms with Crippen LogP contribution in [-0.4, -0.2) is 10.8 Å². The fraction of sp³-hybridized carbons (Fsp3) is 0.125. The van der Waals surface area contributed by atoms with Gasteiger partial charge in [0.2, 0.25) is 5.91 Å². The number of hydrogen-bond acceptors (Lipinski definition) is 4. The topological polar surface area (TPSA) is 121 Å². The van der Waals surface area contributed by atoms with Crippen LogP contribution in [0.4, 0.5) is 17.1 Å². The highest BCUT2D eigenvalue weighted by Gasteiger charge is 2.23. The van der Waals surface area contributed by atoms with Crippen LogP contribution >= 0.6 is 0 Å². The van der Waals surface area contributed by atoms with E-state index in [1.165, 1.54) is 12.1 Å². The molecule has 0 fully saturated rings. The minimum absolute atomic E-state index is 0.103. The molecule has 0 spiro atoms. The molecule has 0 saturated carbocycles. The Bertz CT molecular complexity index is 514. The minimum atomic E-state index is -0.646. The monoisotopic (exact) mass is 219 g/mol. The SMILES string of the molecule is [N-]=[N+]=Nc1cc2c(cc1[N+](=O)[O-])CC(=O)N2. The average molecular weight is 219 g/mol. The molecule has 8 nitrogen and oxygen atoms in total. The summed E-state index contributed by atoms with van der Waals surface area (Å²) in [5.41, 5.74) is 8.87. The van der Waals surface area contributed by atoms with Gasteiger partial charge in [0.05, 0.1) is 11.3 Å². The zero-order valence-electron chi connectivity index (χ0n) is 7.88. The lowest BCUT2D eigenvalue weighted by atomic mass is 10.1. The molecule has 80 valence electrons. The molecule has 0 atom stereocenters. The summed E-state index contributed by atoms with van der Waals surface area (Å²) < 4.78 is 0. The fourth-order valence-electron chi connectivity index (χ4n) is 1.52. The number of nitro groups is 1. The van der Waals surface area contributed by atoms with Gasteiger partial charge in [0.15, 0.2) is 0 Å². The molecule has 2 rings (SSSR count). The van der Waals surface area contributed by atoms with E-state index in [9.17, 15) is 14.9 Å². The number of carbonyl (C=O) groups is 1. The summed E-state index contributed by atoms with van der Waals surface area (Å²) in [5, 5.41) is 16.4. The molecule has 1 amide bonds. The third-order valence-corrected chi connectivity index (χ3v) is 2.17. The number of benzene rings is 1. The predicted molar refractivity (Wildman–Crippen MR) is 54.2 cm³/mol. The lowest BCUT2D eigenvalue weighted by molar-refractivity contribution is -0.384. The van der Waals surface area contributed by atoms with E-state index in [1.807, 2.05) is 0 Å². The van der Waals surface area contributed by atoms with Gasteiger partial charge in [-0.2, -0.15) is 0 Å². The molecular weight excluding hydrogens is 214 g/mol. The molecule has 0 aliphatic carbocycles. The third kappa shape index (κ3) is 1.53. The van der Waals surface area contributed by atoms with E-state index in [1.54, 1.807) is 0 Å². The molecule has 0 bridgehead atoms. The molecule has 1 aliphatic rings. The Morgan fingerprint density at radius 1 is 1.56 bits per heavy atom. The number of nitrogens with zero attached hydrogens (tertiary/aromatic N) is 4. The number of amides is 1. The summed E-state index contributed by atoms with van der Waals surface area (Å²) in [7, 11) is 0. The van der Waals surface area contributed by atoms with Crippen LogP contribution < -0.4 is 5.32 Å². The molecule has 0 aromatic heterocycles. The van der Waals surface area contributed by atoms with Gasteiger partial charge in [-0.3, -0.25) is 14.9 Å². The van der Waals surface area contributed by atoms with Crippen LogP contribution in [0.3, 0.4) is 0 Å². The van der Waals surface area contributed by atoms with E-state index in [0.29, 0.717) is 11.3 Å². The zero-order chi connectivity index (χ0) is 11.7. The smallest absolute Gasteiger partial charge is 0.279 e. The second-order valence-corrected chi connectivity index (χ2v) is 3.17. The van der Waals surface area contributed by atoms with Crippen molar-refractivity contribution >= 4 is 23.0 Å². The highest BCUT2D eigenvalue weighted by Crippen LogP contribution is 2.36. The Labute approximate surface area is 88.7 Å². The van der Waals surface area contributed by atoms with Crippen LogP contribution in [0.25, 0.3) is 10.4 Å². The number of fused-ring (bicyclic) bond motifs is 1. The molecule has 1 N–H and O–H groups in total. The van der Waals surface area contributed by atoms with Crippen LogP contribution in [0.1, 0.15) is 5.56 Å². The van der Waals surface area contributed by atoms with Gasteiger partial charge in [-0.15, -0.1) is 0 Å². The number of carbonyl (C=O) groups excluding carboxylic acids is 1. The summed E-state index contributed by atoms with van der Waals surface area (Å²) in [6.07, 6.45) is 0.104. The summed E-state index contributed by atoms with van der Waals surface area (Å²) >= 11 is 0. The van der Waals surface area contributed by atoms with Crippen LogP contribution in [0.15, 0.2) is 17.2 Å². The molecule has 1 heterocycles. The van der Waals surface area contributed by atoms with Gasteiger partial charge in [-0.25, -0.2) is 0 Å². The van der Waals surface area contributed by atoms with Crippen molar-refractivity contribution in [3.8, 4) is 0 Å². The van der Waals surface area contributed by atoms with E-state index in [0.717, 1.165) is 0 Å². The Morgan fingerprint density at radius 2 is 2.31 bits per heavy atom. The van der Waals surface area contributed by atoms with Crippen molar-refractivity contribution in [1.29, 1.82) is 0 Å². The molecule has 0 unspecified atom stereocenters. The van der Waals surface area contributed by atoms with Gasteiger partial charge in [-0.1, -0.05) is 5.11 Å². The zero-order valence-corrected chi connectivity index (χ0v) is 7.88. The lowest BCUT2D eigenvalue weighted by Gasteiger charge is -2.01. The Morgan fingerprint density at radius 3 is 2.94 bits per heavy atom. The quantitative estimate of drug-likeness (QED) is 0.269. The standard InChI is InChI=1S/C8H5N5O3/c9-12-11-6-3-5-4(2-8(14)10-5)1-7(6)13(15)16/h1,3H,2H2,(H,10,14). The summed E-state index contributed by atoms with van der Waals surface area (Å²) in [4.78, 5) is 23.6. The minimum Gasteiger partial charge on any atom is -0.326 e. The molecular formula is C8H5N5O3. The number of nitrogens with one attached hydrogen (secondary N) is 1. The Balaban J connectivity index is 2.62. The molecule has 1 aromatic carbocycles. The van der Waals surface area contributed by atoms with Gasteiger partial charge in [-0.05, 0) is 17.2 Å². The van der Waals surface area contributed by atoms with Crippen molar-refractivity contribution in [2.24, 2.45) is 5.11 Å². The van der Waals surface area contributed by atoms with Gasteiger partial charge < -0.3 is 5.32 Å². The first-order valence-electron chi connectivity index (χ1n) is 4.28. The molecule has 8 heteroatoms. The van der Waals surface area contributed by atoms with E-state index in [-0.39, 0.29) is 23.7 Å². The molecule has 1 aliphatic heterocycles. The van der Waals surface area contributed by atoms with E-state index in [4.69, 9.17) is 5.53 Å². The Hall–Kier alpha value is -2.60. The summed E-state index contributed by atoms with van der Waals surface area (Å²) in [6, 6.07) is 2.55. The summed E-state index contributed by atoms with van der Waals surface area (Å²) in [5.74, 6) is -0.234. The van der Waals surface area contributed by atoms with E-state index < -0.39 is 4.92 Å². The van der Waals surface area contributed by atoms with E-state index in [2.05, 4.69) is 15.3 Å². The van der Waals surface area contributed by atoms with Crippen LogP contribution in [0.2, 0.25) is 0 Å². The first-order chi connectivity index (χ1) is 7.61. The molecule has 1 aromatic rings. The van der Waals surface area contributed by atoms with Crippen LogP contribution in [-0.2, 0) is 11.2 Å². The van der Waals surface area contributed by atoms with Gasteiger partial charge in [0, 0.05) is 16.7 Å². The summed E-state index contributed by atoms with van der Waals surface area (Å²) in [6.45, 7) is 0. The number of azide groups is 1. The van der Waals surface area contributed by atoms with Crippen LogP contribution in [0, 0.1) is 10.1 Å². The van der Waals surface area contributed by atoms with Crippen molar-refractivity contribution < 1.29 is 9.72 Å². The number of rotatable bonds is 2. The first kappa shape index (κ1) is 9.94. The maximum Gasteiger partial charge on any atom is 0.279 e. The van der Waals surface area contributed by atoms with Gasteiger partial charge in [0.25, 0.3) is 5.69 Å². The number of anilines is 1. The predicted octanol–water partition coefficient (Wildman–Crippen LogP) is 2.03. The average Bonchev–Trinajstić information content (AvgIpc) is 2.56.